The molecule has 0 aromatic carbocycles. The van der Waals surface area contributed by atoms with Gasteiger partial charge in [-0.2, -0.15) is 0 Å². The number of nitrogens with two attached hydrogens (primary N) is 2. The third kappa shape index (κ3) is 6.21. The summed E-state index contributed by atoms with van der Waals surface area (Å²) in [6.45, 7) is -0.773. The van der Waals surface area contributed by atoms with E-state index in [-0.39, 0.29) is 0 Å². The molecular formula is C9H16N4O6. The van der Waals surface area contributed by atoms with Gasteiger partial charge in [-0.3, -0.25) is 9.59 Å². The second-order valence-corrected chi connectivity index (χ2v) is 4.03. The Kier molecular flexibility index (Phi) is 5.73. The van der Waals surface area contributed by atoms with Gasteiger partial charge in [0.2, 0.25) is 11.8 Å². The molecule has 0 rings (SSSR count). The summed E-state index contributed by atoms with van der Waals surface area (Å²) in [5, 5.41) is 20.0. The van der Waals surface area contributed by atoms with E-state index < -0.39 is 49.1 Å². The molecule has 1 unspecified atom stereocenters. The maximum absolute atomic E-state index is 11.6. The fourth-order valence-electron chi connectivity index (χ4n) is 1.01. The minimum Gasteiger partial charge on any atom is -0.479 e. The van der Waals surface area contributed by atoms with Gasteiger partial charge in [-0.05, 0) is 6.92 Å². The quantitative estimate of drug-likeness (QED) is 0.327. The monoisotopic (exact) mass is 276 g/mol. The molecule has 108 valence electrons. The standard InChI is InChI=1S/C9H16N4O6/c1-9(19,7(16)17)4-12-8(18)13(2-5(10)14)3-6(11)15/h19H,2-4H2,1H3,(H2,10,14)(H2,11,15)(H,12,18)(H,16,17). The predicted octanol–water partition coefficient (Wildman–Crippen LogP) is -3.20. The van der Waals surface area contributed by atoms with Crippen molar-refractivity contribution in [3.8, 4) is 0 Å². The molecule has 0 aromatic rings. The van der Waals surface area contributed by atoms with Gasteiger partial charge >= 0.3 is 12.0 Å². The van der Waals surface area contributed by atoms with Crippen molar-refractivity contribution in [2.45, 2.75) is 12.5 Å². The Morgan fingerprint density at radius 3 is 1.89 bits per heavy atom. The van der Waals surface area contributed by atoms with Gasteiger partial charge in [0.25, 0.3) is 0 Å². The van der Waals surface area contributed by atoms with Crippen molar-refractivity contribution in [3.63, 3.8) is 0 Å². The maximum Gasteiger partial charge on any atom is 0.337 e. The molecule has 0 aliphatic rings. The molecule has 0 aliphatic carbocycles. The van der Waals surface area contributed by atoms with Crippen LogP contribution in [0.15, 0.2) is 0 Å². The highest BCUT2D eigenvalue weighted by molar-refractivity contribution is 5.87. The van der Waals surface area contributed by atoms with Crippen LogP contribution < -0.4 is 16.8 Å². The van der Waals surface area contributed by atoms with Crippen LogP contribution in [0, 0.1) is 0 Å². The van der Waals surface area contributed by atoms with E-state index in [4.69, 9.17) is 16.6 Å². The van der Waals surface area contributed by atoms with E-state index in [1.54, 1.807) is 0 Å². The summed E-state index contributed by atoms with van der Waals surface area (Å²) in [4.78, 5) is 44.3. The molecule has 10 heteroatoms. The van der Waals surface area contributed by atoms with E-state index in [1.807, 2.05) is 0 Å². The van der Waals surface area contributed by atoms with Crippen molar-refractivity contribution in [1.29, 1.82) is 0 Å². The van der Waals surface area contributed by atoms with Crippen LogP contribution in [0.5, 0.6) is 0 Å². The zero-order valence-electron chi connectivity index (χ0n) is 10.3. The van der Waals surface area contributed by atoms with Crippen molar-refractivity contribution in [2.75, 3.05) is 19.6 Å². The Morgan fingerprint density at radius 2 is 1.58 bits per heavy atom. The van der Waals surface area contributed by atoms with Crippen molar-refractivity contribution >= 4 is 23.8 Å². The molecule has 0 radical (unpaired) electrons. The predicted molar refractivity (Wildman–Crippen MR) is 61.6 cm³/mol. The average molecular weight is 276 g/mol. The Balaban J connectivity index is 4.60. The highest BCUT2D eigenvalue weighted by atomic mass is 16.4. The molecule has 19 heavy (non-hydrogen) atoms. The van der Waals surface area contributed by atoms with E-state index in [9.17, 15) is 24.3 Å². The van der Waals surface area contributed by atoms with Crippen LogP contribution in [-0.4, -0.2) is 64.2 Å². The van der Waals surface area contributed by atoms with Gasteiger partial charge in [-0.25, -0.2) is 9.59 Å². The van der Waals surface area contributed by atoms with Crippen molar-refractivity contribution in [3.05, 3.63) is 0 Å². The maximum atomic E-state index is 11.6. The normalized spacial score (nSPS) is 13.2. The number of carboxylic acids is 1. The molecule has 0 bridgehead atoms. The molecule has 7 N–H and O–H groups in total. The number of nitrogens with one attached hydrogen (secondary N) is 1. The Bertz CT molecular complexity index is 378. The summed E-state index contributed by atoms with van der Waals surface area (Å²) in [5.74, 6) is -3.29. The molecule has 0 aliphatic heterocycles. The summed E-state index contributed by atoms with van der Waals surface area (Å²) >= 11 is 0. The molecule has 0 aromatic heterocycles. The van der Waals surface area contributed by atoms with Gasteiger partial charge in [-0.1, -0.05) is 0 Å². The second-order valence-electron chi connectivity index (χ2n) is 4.03. The Hall–Kier alpha value is -2.36. The topological polar surface area (TPSA) is 176 Å². The first-order valence-corrected chi connectivity index (χ1v) is 5.11. The van der Waals surface area contributed by atoms with E-state index in [2.05, 4.69) is 5.32 Å². The number of nitrogens with zero attached hydrogens (tertiary/aromatic N) is 1. The first kappa shape index (κ1) is 16.6. The van der Waals surface area contributed by atoms with Gasteiger partial charge < -0.3 is 31.9 Å². The number of carboxylic acid groups (broad SMARTS) is 1. The molecular weight excluding hydrogens is 260 g/mol. The minimum atomic E-state index is -2.18. The van der Waals surface area contributed by atoms with Gasteiger partial charge in [0.15, 0.2) is 5.60 Å². The zero-order valence-corrected chi connectivity index (χ0v) is 10.3. The molecule has 0 saturated heterocycles. The number of carbonyl (C=O) groups is 4. The lowest BCUT2D eigenvalue weighted by Crippen LogP contribution is -2.53. The third-order valence-corrected chi connectivity index (χ3v) is 2.03. The van der Waals surface area contributed by atoms with Crippen molar-refractivity contribution in [2.24, 2.45) is 11.5 Å². The highest BCUT2D eigenvalue weighted by Gasteiger charge is 2.31. The number of primary amides is 2. The number of carbonyl (C=O) groups excluding carboxylic acids is 3. The van der Waals surface area contributed by atoms with Gasteiger partial charge in [0.1, 0.15) is 13.1 Å². The van der Waals surface area contributed by atoms with E-state index in [1.165, 1.54) is 0 Å². The summed E-state index contributed by atoms with van der Waals surface area (Å²) in [6, 6.07) is -0.945. The lowest BCUT2D eigenvalue weighted by molar-refractivity contribution is -0.155. The summed E-state index contributed by atoms with van der Waals surface area (Å²) in [6.07, 6.45) is 0. The molecule has 0 heterocycles. The number of aliphatic hydroxyl groups is 1. The van der Waals surface area contributed by atoms with Crippen LogP contribution in [0.2, 0.25) is 0 Å². The third-order valence-electron chi connectivity index (χ3n) is 2.03. The summed E-state index contributed by atoms with van der Waals surface area (Å²) in [5.41, 5.74) is 7.58. The van der Waals surface area contributed by atoms with Crippen LogP contribution in [-0.2, 0) is 14.4 Å². The number of hydrogen-bond donors (Lipinski definition) is 5. The fraction of sp³-hybridized carbons (Fsp3) is 0.556. The number of amides is 4. The molecule has 10 nitrogen and oxygen atoms in total. The van der Waals surface area contributed by atoms with Crippen LogP contribution in [0.25, 0.3) is 0 Å². The number of hydrogen-bond acceptors (Lipinski definition) is 5. The molecule has 0 saturated carbocycles. The van der Waals surface area contributed by atoms with Crippen LogP contribution in [0.1, 0.15) is 6.92 Å². The lowest BCUT2D eigenvalue weighted by Gasteiger charge is -2.23. The molecule has 0 spiro atoms. The van der Waals surface area contributed by atoms with Gasteiger partial charge in [0, 0.05) is 0 Å². The summed E-state index contributed by atoms with van der Waals surface area (Å²) < 4.78 is 0. The molecule has 4 amide bonds. The first-order valence-electron chi connectivity index (χ1n) is 5.11. The highest BCUT2D eigenvalue weighted by Crippen LogP contribution is 2.01. The number of urea groups is 1. The zero-order chi connectivity index (χ0) is 15.2. The van der Waals surface area contributed by atoms with Gasteiger partial charge in [0.05, 0.1) is 6.54 Å². The largest absolute Gasteiger partial charge is 0.479 e. The average Bonchev–Trinajstić information content (AvgIpc) is 2.23. The van der Waals surface area contributed by atoms with Crippen LogP contribution in [0.4, 0.5) is 4.79 Å². The van der Waals surface area contributed by atoms with Gasteiger partial charge in [-0.15, -0.1) is 0 Å². The Morgan fingerprint density at radius 1 is 1.16 bits per heavy atom. The van der Waals surface area contributed by atoms with Crippen molar-refractivity contribution in [1.82, 2.24) is 10.2 Å². The number of aliphatic carboxylic acids is 1. The van der Waals surface area contributed by atoms with E-state index in [0.717, 1.165) is 6.92 Å². The van der Waals surface area contributed by atoms with E-state index >= 15 is 0 Å². The minimum absolute atomic E-state index is 0.565. The lowest BCUT2D eigenvalue weighted by atomic mass is 10.1. The second kappa shape index (κ2) is 6.54. The first-order chi connectivity index (χ1) is 8.56. The van der Waals surface area contributed by atoms with Crippen LogP contribution >= 0.6 is 0 Å². The van der Waals surface area contributed by atoms with E-state index in [0.29, 0.717) is 4.90 Å². The molecule has 0 fully saturated rings. The fourth-order valence-corrected chi connectivity index (χ4v) is 1.01. The van der Waals surface area contributed by atoms with Crippen LogP contribution in [0.3, 0.4) is 0 Å². The Labute approximate surface area is 108 Å². The smallest absolute Gasteiger partial charge is 0.337 e. The number of rotatable bonds is 7. The summed E-state index contributed by atoms with van der Waals surface area (Å²) in [7, 11) is 0. The SMILES string of the molecule is CC(O)(CNC(=O)N(CC(N)=O)CC(N)=O)C(=O)O. The molecule has 1 atom stereocenters. The van der Waals surface area contributed by atoms with Crippen molar-refractivity contribution < 1.29 is 29.4 Å².